The highest BCUT2D eigenvalue weighted by atomic mass is 16.1. The first kappa shape index (κ1) is 25.2. The molecule has 0 aromatic heterocycles. The standard InChI is InChI=1S/C18H16O2.C16H12O2/c1-18(2,3)14-10-6-9-13-15(14)17(20)12-8-5-4-7-11(12)16(13)19;1-2-10-7-8-13-14(9-10)16(18)12-6-4-3-5-11(12)15(13)17/h4-10H,1-3H3;3-9H,2H2,1H3. The highest BCUT2D eigenvalue weighted by molar-refractivity contribution is 6.29. The summed E-state index contributed by atoms with van der Waals surface area (Å²) in [6.07, 6.45) is 0.858. The van der Waals surface area contributed by atoms with Crippen LogP contribution in [0.4, 0.5) is 0 Å². The lowest BCUT2D eigenvalue weighted by Crippen LogP contribution is -2.26. The van der Waals surface area contributed by atoms with Gasteiger partial charge in [0.15, 0.2) is 23.1 Å². The largest absolute Gasteiger partial charge is 0.289 e. The maximum absolute atomic E-state index is 12.8. The lowest BCUT2D eigenvalue weighted by molar-refractivity contribution is 0.0977. The Morgan fingerprint density at radius 1 is 0.500 bits per heavy atom. The zero-order chi connectivity index (χ0) is 27.2. The monoisotopic (exact) mass is 500 g/mol. The minimum Gasteiger partial charge on any atom is -0.289 e. The van der Waals surface area contributed by atoms with Gasteiger partial charge < -0.3 is 0 Å². The maximum atomic E-state index is 12.8. The van der Waals surface area contributed by atoms with Gasteiger partial charge in [0.2, 0.25) is 0 Å². The molecule has 188 valence electrons. The van der Waals surface area contributed by atoms with Gasteiger partial charge >= 0.3 is 0 Å². The molecule has 4 aromatic rings. The molecular formula is C34H28O4. The lowest BCUT2D eigenvalue weighted by atomic mass is 9.75. The van der Waals surface area contributed by atoms with E-state index < -0.39 is 0 Å². The molecule has 4 aromatic carbocycles. The SMILES string of the molecule is CC(C)(C)c1cccc2c1C(=O)c1ccccc1C2=O.CCc1ccc2c(c1)C(=O)c1ccccc1C2=O. The van der Waals surface area contributed by atoms with Gasteiger partial charge in [0.25, 0.3) is 0 Å². The highest BCUT2D eigenvalue weighted by Gasteiger charge is 2.34. The summed E-state index contributed by atoms with van der Waals surface area (Å²) in [7, 11) is 0. The van der Waals surface area contributed by atoms with Crippen molar-refractivity contribution in [1.82, 2.24) is 0 Å². The molecule has 6 rings (SSSR count). The molecule has 0 radical (unpaired) electrons. The normalized spacial score (nSPS) is 13.6. The summed E-state index contributed by atoms with van der Waals surface area (Å²) in [5, 5.41) is 0. The van der Waals surface area contributed by atoms with Crippen LogP contribution in [0.15, 0.2) is 84.9 Å². The minimum absolute atomic E-state index is 0.0410. The van der Waals surface area contributed by atoms with Gasteiger partial charge in [-0.3, -0.25) is 19.2 Å². The molecule has 0 heterocycles. The third-order valence-corrected chi connectivity index (χ3v) is 7.16. The molecular weight excluding hydrogens is 472 g/mol. The van der Waals surface area contributed by atoms with Crippen LogP contribution in [-0.2, 0) is 11.8 Å². The van der Waals surface area contributed by atoms with E-state index in [-0.39, 0.29) is 28.5 Å². The lowest BCUT2D eigenvalue weighted by Gasteiger charge is -2.26. The number of fused-ring (bicyclic) bond motifs is 4. The molecule has 0 bridgehead atoms. The van der Waals surface area contributed by atoms with Crippen molar-refractivity contribution in [3.8, 4) is 0 Å². The predicted octanol–water partition coefficient (Wildman–Crippen LogP) is 6.78. The quantitative estimate of drug-likeness (QED) is 0.249. The van der Waals surface area contributed by atoms with E-state index in [0.29, 0.717) is 44.5 Å². The second-order valence-electron chi connectivity index (χ2n) is 10.6. The molecule has 2 aliphatic rings. The molecule has 0 spiro atoms. The van der Waals surface area contributed by atoms with E-state index in [2.05, 4.69) is 20.8 Å². The third-order valence-electron chi connectivity index (χ3n) is 7.16. The molecule has 4 heteroatoms. The molecule has 2 aliphatic carbocycles. The number of carbonyl (C=O) groups is 4. The minimum atomic E-state index is -0.173. The zero-order valence-corrected chi connectivity index (χ0v) is 21.9. The Hall–Kier alpha value is -4.44. The van der Waals surface area contributed by atoms with E-state index in [1.54, 1.807) is 60.7 Å². The van der Waals surface area contributed by atoms with Crippen LogP contribution in [0.25, 0.3) is 0 Å². The first-order chi connectivity index (χ1) is 18.1. The van der Waals surface area contributed by atoms with Gasteiger partial charge in [-0.15, -0.1) is 0 Å². The maximum Gasteiger partial charge on any atom is 0.194 e. The summed E-state index contributed by atoms with van der Waals surface area (Å²) < 4.78 is 0. The molecule has 4 nitrogen and oxygen atoms in total. The van der Waals surface area contributed by atoms with Crippen LogP contribution in [-0.4, -0.2) is 23.1 Å². The van der Waals surface area contributed by atoms with Crippen LogP contribution in [0.5, 0.6) is 0 Å². The second kappa shape index (κ2) is 9.46. The Morgan fingerprint density at radius 2 is 0.947 bits per heavy atom. The van der Waals surface area contributed by atoms with Crippen molar-refractivity contribution < 1.29 is 19.2 Å². The van der Waals surface area contributed by atoms with Crippen molar-refractivity contribution in [2.45, 2.75) is 39.5 Å². The summed E-state index contributed by atoms with van der Waals surface area (Å²) in [4.78, 5) is 50.0. The molecule has 0 fully saturated rings. The van der Waals surface area contributed by atoms with Crippen LogP contribution in [0, 0.1) is 0 Å². The topological polar surface area (TPSA) is 68.3 Å². The van der Waals surface area contributed by atoms with Crippen LogP contribution in [0.3, 0.4) is 0 Å². The van der Waals surface area contributed by atoms with E-state index in [1.807, 2.05) is 31.2 Å². The molecule has 0 amide bonds. The summed E-state index contributed by atoms with van der Waals surface area (Å²) >= 11 is 0. The van der Waals surface area contributed by atoms with Gasteiger partial charge in [-0.05, 0) is 29.0 Å². The molecule has 38 heavy (non-hydrogen) atoms. The van der Waals surface area contributed by atoms with Crippen molar-refractivity contribution in [2.24, 2.45) is 0 Å². The van der Waals surface area contributed by atoms with E-state index in [4.69, 9.17) is 0 Å². The predicted molar refractivity (Wildman–Crippen MR) is 148 cm³/mol. The van der Waals surface area contributed by atoms with Gasteiger partial charge in [0.05, 0.1) is 0 Å². The van der Waals surface area contributed by atoms with Crippen LogP contribution < -0.4 is 0 Å². The van der Waals surface area contributed by atoms with Crippen molar-refractivity contribution in [3.63, 3.8) is 0 Å². The summed E-state index contributed by atoms with van der Waals surface area (Å²) in [5.41, 5.74) is 6.06. The number of hydrogen-bond acceptors (Lipinski definition) is 4. The molecule has 0 N–H and O–H groups in total. The summed E-state index contributed by atoms with van der Waals surface area (Å²) in [5.74, 6) is -0.194. The summed E-state index contributed by atoms with van der Waals surface area (Å²) in [6, 6.07) is 25.1. The Kier molecular flexibility index (Phi) is 6.28. The smallest absolute Gasteiger partial charge is 0.194 e. The number of ketones is 4. The van der Waals surface area contributed by atoms with Gasteiger partial charge in [0, 0.05) is 44.5 Å². The first-order valence-corrected chi connectivity index (χ1v) is 12.8. The van der Waals surface area contributed by atoms with Crippen molar-refractivity contribution in [2.75, 3.05) is 0 Å². The Morgan fingerprint density at radius 3 is 1.47 bits per heavy atom. The number of rotatable bonds is 1. The van der Waals surface area contributed by atoms with E-state index >= 15 is 0 Å². The van der Waals surface area contributed by atoms with E-state index in [1.165, 1.54) is 0 Å². The third kappa shape index (κ3) is 4.12. The van der Waals surface area contributed by atoms with Crippen LogP contribution in [0.2, 0.25) is 0 Å². The van der Waals surface area contributed by atoms with Gasteiger partial charge in [-0.1, -0.05) is 107 Å². The fourth-order valence-electron chi connectivity index (χ4n) is 5.14. The number of hydrogen-bond donors (Lipinski definition) is 0. The first-order valence-electron chi connectivity index (χ1n) is 12.8. The van der Waals surface area contributed by atoms with Crippen molar-refractivity contribution in [3.05, 3.63) is 141 Å². The molecule has 0 aliphatic heterocycles. The van der Waals surface area contributed by atoms with Crippen LogP contribution >= 0.6 is 0 Å². The Labute approximate surface area is 222 Å². The molecule has 0 saturated heterocycles. The van der Waals surface area contributed by atoms with Gasteiger partial charge in [-0.25, -0.2) is 0 Å². The molecule has 0 atom stereocenters. The highest BCUT2D eigenvalue weighted by Crippen LogP contribution is 2.35. The van der Waals surface area contributed by atoms with E-state index in [0.717, 1.165) is 17.5 Å². The zero-order valence-electron chi connectivity index (χ0n) is 21.9. The number of benzene rings is 4. The fourth-order valence-corrected chi connectivity index (χ4v) is 5.14. The molecule has 0 unspecified atom stereocenters. The van der Waals surface area contributed by atoms with Gasteiger partial charge in [0.1, 0.15) is 0 Å². The Balaban J connectivity index is 0.000000156. The van der Waals surface area contributed by atoms with Crippen molar-refractivity contribution >= 4 is 23.1 Å². The molecule has 0 saturated carbocycles. The van der Waals surface area contributed by atoms with Crippen molar-refractivity contribution in [1.29, 1.82) is 0 Å². The Bertz CT molecular complexity index is 1650. The van der Waals surface area contributed by atoms with Gasteiger partial charge in [-0.2, -0.15) is 0 Å². The second-order valence-corrected chi connectivity index (χ2v) is 10.6. The fraction of sp³-hybridized carbons (Fsp3) is 0.176. The average molecular weight is 501 g/mol. The average Bonchev–Trinajstić information content (AvgIpc) is 2.94. The number of carbonyl (C=O) groups excluding carboxylic acids is 4. The summed E-state index contributed by atoms with van der Waals surface area (Å²) in [6.45, 7) is 8.20. The van der Waals surface area contributed by atoms with E-state index in [9.17, 15) is 19.2 Å². The van der Waals surface area contributed by atoms with Crippen LogP contribution in [0.1, 0.15) is 103 Å². The number of aryl methyl sites for hydroxylation is 1.